The number of thioether (sulfide) groups is 1. The Balaban J connectivity index is 2.21. The second kappa shape index (κ2) is 5.18. The van der Waals surface area contributed by atoms with E-state index in [1.165, 1.54) is 12.1 Å². The van der Waals surface area contributed by atoms with E-state index in [1.807, 2.05) is 0 Å². The predicted molar refractivity (Wildman–Crippen MR) is 62.8 cm³/mol. The summed E-state index contributed by atoms with van der Waals surface area (Å²) in [6.45, 7) is 1.73. The normalized spacial score (nSPS) is 10.6. The van der Waals surface area contributed by atoms with Crippen LogP contribution in [0.1, 0.15) is 5.56 Å². The lowest BCUT2D eigenvalue weighted by Crippen LogP contribution is -1.97. The topological polar surface area (TPSA) is 76.2 Å². The number of hydrogen-bond donors (Lipinski definition) is 1. The van der Waals surface area contributed by atoms with Crippen molar-refractivity contribution >= 4 is 17.7 Å². The van der Waals surface area contributed by atoms with Gasteiger partial charge >= 0.3 is 5.97 Å². The monoisotopic (exact) mass is 268 g/mol. The van der Waals surface area contributed by atoms with Gasteiger partial charge in [0.1, 0.15) is 11.6 Å². The Morgan fingerprint density at radius 2 is 2.33 bits per heavy atom. The summed E-state index contributed by atoms with van der Waals surface area (Å²) in [7, 11) is 0. The number of halogens is 1. The number of aliphatic carboxylic acids is 1. The van der Waals surface area contributed by atoms with Crippen molar-refractivity contribution in [2.45, 2.75) is 12.1 Å². The molecule has 1 aromatic heterocycles. The van der Waals surface area contributed by atoms with Crippen molar-refractivity contribution in [1.29, 1.82) is 0 Å². The number of carbonyl (C=O) groups is 1. The number of benzene rings is 1. The van der Waals surface area contributed by atoms with E-state index in [1.54, 1.807) is 13.0 Å². The Hall–Kier alpha value is -1.89. The van der Waals surface area contributed by atoms with Crippen molar-refractivity contribution in [1.82, 2.24) is 10.1 Å². The Morgan fingerprint density at radius 3 is 3.00 bits per heavy atom. The summed E-state index contributed by atoms with van der Waals surface area (Å²) < 4.78 is 17.8. The molecule has 0 radical (unpaired) electrons. The Labute approximate surface area is 106 Å². The first-order chi connectivity index (χ1) is 8.56. The van der Waals surface area contributed by atoms with Crippen LogP contribution in [0, 0.1) is 12.7 Å². The second-order valence-corrected chi connectivity index (χ2v) is 4.45. The van der Waals surface area contributed by atoms with Gasteiger partial charge < -0.3 is 9.63 Å². The molecule has 1 N–H and O–H groups in total. The van der Waals surface area contributed by atoms with Crippen molar-refractivity contribution in [3.8, 4) is 11.4 Å². The molecule has 0 unspecified atom stereocenters. The second-order valence-electron chi connectivity index (χ2n) is 3.53. The fourth-order valence-electron chi connectivity index (χ4n) is 1.38. The summed E-state index contributed by atoms with van der Waals surface area (Å²) in [5.41, 5.74) is 1.34. The van der Waals surface area contributed by atoms with Crippen molar-refractivity contribution in [2.75, 3.05) is 5.75 Å². The van der Waals surface area contributed by atoms with E-state index in [-0.39, 0.29) is 16.8 Å². The van der Waals surface area contributed by atoms with Crippen LogP contribution >= 0.6 is 11.8 Å². The number of nitrogens with zero attached hydrogens (tertiary/aromatic N) is 2. The third kappa shape index (κ3) is 2.86. The minimum atomic E-state index is -0.960. The molecule has 0 saturated heterocycles. The highest BCUT2D eigenvalue weighted by Gasteiger charge is 2.12. The first-order valence-corrected chi connectivity index (χ1v) is 5.99. The van der Waals surface area contributed by atoms with E-state index >= 15 is 0 Å². The summed E-state index contributed by atoms with van der Waals surface area (Å²) in [6, 6.07) is 4.24. The van der Waals surface area contributed by atoms with Crippen LogP contribution in [-0.4, -0.2) is 27.0 Å². The number of carboxylic acid groups (broad SMARTS) is 1. The first kappa shape index (κ1) is 12.6. The maximum Gasteiger partial charge on any atom is 0.314 e. The lowest BCUT2D eigenvalue weighted by Gasteiger charge is -1.99. The van der Waals surface area contributed by atoms with Crippen LogP contribution in [0.15, 0.2) is 27.9 Å². The molecular weight excluding hydrogens is 259 g/mol. The van der Waals surface area contributed by atoms with E-state index in [4.69, 9.17) is 9.63 Å². The fraction of sp³-hybridized carbons (Fsp3) is 0.182. The zero-order valence-electron chi connectivity index (χ0n) is 9.38. The maximum atomic E-state index is 12.9. The zero-order chi connectivity index (χ0) is 13.1. The Morgan fingerprint density at radius 1 is 1.56 bits per heavy atom. The van der Waals surface area contributed by atoms with Gasteiger partial charge in [-0.2, -0.15) is 4.98 Å². The predicted octanol–water partition coefficient (Wildman–Crippen LogP) is 2.36. The highest BCUT2D eigenvalue weighted by Crippen LogP contribution is 2.24. The summed E-state index contributed by atoms with van der Waals surface area (Å²) in [5.74, 6) is -1.12. The van der Waals surface area contributed by atoms with Gasteiger partial charge in [0.05, 0.1) is 0 Å². The van der Waals surface area contributed by atoms with Gasteiger partial charge in [0, 0.05) is 5.56 Å². The van der Waals surface area contributed by atoms with Crippen LogP contribution in [0.4, 0.5) is 4.39 Å². The van der Waals surface area contributed by atoms with Crippen LogP contribution in [0.25, 0.3) is 11.4 Å². The summed E-state index contributed by atoms with van der Waals surface area (Å²) >= 11 is 0.939. The highest BCUT2D eigenvalue weighted by molar-refractivity contribution is 7.99. The molecule has 7 heteroatoms. The maximum absolute atomic E-state index is 12.9. The molecule has 94 valence electrons. The molecular formula is C11H9FN2O3S. The fourth-order valence-corrected chi connectivity index (χ4v) is 1.87. The van der Waals surface area contributed by atoms with Gasteiger partial charge in [0.25, 0.3) is 5.22 Å². The lowest BCUT2D eigenvalue weighted by molar-refractivity contribution is -0.133. The van der Waals surface area contributed by atoms with Gasteiger partial charge in [-0.05, 0) is 30.7 Å². The summed E-state index contributed by atoms with van der Waals surface area (Å²) in [4.78, 5) is 14.4. The van der Waals surface area contributed by atoms with Crippen LogP contribution in [0.2, 0.25) is 0 Å². The number of hydrogen-bond acceptors (Lipinski definition) is 5. The van der Waals surface area contributed by atoms with Crippen molar-refractivity contribution in [3.63, 3.8) is 0 Å². The molecule has 0 aliphatic heterocycles. The lowest BCUT2D eigenvalue weighted by atomic mass is 10.1. The van der Waals surface area contributed by atoms with Crippen molar-refractivity contribution in [2.24, 2.45) is 0 Å². The molecule has 1 aromatic carbocycles. The van der Waals surface area contributed by atoms with Gasteiger partial charge in [-0.3, -0.25) is 4.79 Å². The van der Waals surface area contributed by atoms with Crippen LogP contribution in [-0.2, 0) is 4.79 Å². The SMILES string of the molecule is Cc1cc(F)ccc1-c1noc(SCC(=O)O)n1. The molecule has 2 rings (SSSR count). The van der Waals surface area contributed by atoms with Crippen LogP contribution in [0.3, 0.4) is 0 Å². The molecule has 5 nitrogen and oxygen atoms in total. The average Bonchev–Trinajstić information content (AvgIpc) is 2.75. The number of aromatic nitrogens is 2. The molecule has 0 bridgehead atoms. The number of rotatable bonds is 4. The minimum absolute atomic E-state index is 0.149. The highest BCUT2D eigenvalue weighted by atomic mass is 32.2. The third-order valence-electron chi connectivity index (χ3n) is 2.16. The molecule has 18 heavy (non-hydrogen) atoms. The minimum Gasteiger partial charge on any atom is -0.481 e. The first-order valence-electron chi connectivity index (χ1n) is 5.01. The molecule has 0 aliphatic carbocycles. The molecule has 0 fully saturated rings. The quantitative estimate of drug-likeness (QED) is 0.858. The molecule has 0 spiro atoms. The van der Waals surface area contributed by atoms with Gasteiger partial charge in [0.2, 0.25) is 5.82 Å². The molecule has 2 aromatic rings. The van der Waals surface area contributed by atoms with Gasteiger partial charge in [-0.25, -0.2) is 4.39 Å². The van der Waals surface area contributed by atoms with E-state index < -0.39 is 5.97 Å². The summed E-state index contributed by atoms with van der Waals surface area (Å²) in [5, 5.41) is 12.4. The molecule has 0 amide bonds. The number of aryl methyl sites for hydroxylation is 1. The van der Waals surface area contributed by atoms with Gasteiger partial charge in [-0.1, -0.05) is 16.9 Å². The molecule has 0 aliphatic rings. The van der Waals surface area contributed by atoms with Gasteiger partial charge in [-0.15, -0.1) is 0 Å². The van der Waals surface area contributed by atoms with Crippen molar-refractivity contribution in [3.05, 3.63) is 29.6 Å². The summed E-state index contributed by atoms with van der Waals surface area (Å²) in [6.07, 6.45) is 0. The standard InChI is InChI=1S/C11H9FN2O3S/c1-6-4-7(12)2-3-8(6)10-13-11(17-14-10)18-5-9(15)16/h2-4H,5H2,1H3,(H,15,16). The molecule has 0 saturated carbocycles. The van der Waals surface area contributed by atoms with Crippen molar-refractivity contribution < 1.29 is 18.8 Å². The van der Waals surface area contributed by atoms with E-state index in [9.17, 15) is 9.18 Å². The third-order valence-corrected chi connectivity index (χ3v) is 2.96. The van der Waals surface area contributed by atoms with Gasteiger partial charge in [0.15, 0.2) is 0 Å². The average molecular weight is 268 g/mol. The van der Waals surface area contributed by atoms with E-state index in [0.29, 0.717) is 17.0 Å². The van der Waals surface area contributed by atoms with Crippen LogP contribution in [0.5, 0.6) is 0 Å². The van der Waals surface area contributed by atoms with Crippen LogP contribution < -0.4 is 0 Å². The number of carboxylic acids is 1. The van der Waals surface area contributed by atoms with E-state index in [2.05, 4.69) is 10.1 Å². The zero-order valence-corrected chi connectivity index (χ0v) is 10.2. The Bertz CT molecular complexity index is 585. The van der Waals surface area contributed by atoms with E-state index in [0.717, 1.165) is 11.8 Å². The molecule has 0 atom stereocenters. The largest absolute Gasteiger partial charge is 0.481 e. The smallest absolute Gasteiger partial charge is 0.314 e. The molecule has 1 heterocycles. The Kier molecular flexibility index (Phi) is 3.61.